The summed E-state index contributed by atoms with van der Waals surface area (Å²) in [5, 5.41) is 9.87. The first-order valence-corrected chi connectivity index (χ1v) is 4.62. The van der Waals surface area contributed by atoms with Gasteiger partial charge in [-0.1, -0.05) is 13.8 Å². The molecule has 2 nitrogen and oxygen atoms in total. The van der Waals surface area contributed by atoms with E-state index in [1.54, 1.807) is 6.92 Å². The highest BCUT2D eigenvalue weighted by molar-refractivity contribution is 5.91. The van der Waals surface area contributed by atoms with E-state index in [0.29, 0.717) is 5.92 Å². The first-order chi connectivity index (χ1) is 5.36. The van der Waals surface area contributed by atoms with Crippen LogP contribution < -0.4 is 0 Å². The molecule has 1 N–H and O–H groups in total. The zero-order chi connectivity index (χ0) is 9.15. The Morgan fingerprint density at radius 1 is 1.42 bits per heavy atom. The molecule has 3 atom stereocenters. The van der Waals surface area contributed by atoms with Gasteiger partial charge in [0.05, 0.1) is 5.60 Å². The van der Waals surface area contributed by atoms with Crippen LogP contribution in [0.5, 0.6) is 0 Å². The maximum absolute atomic E-state index is 11.7. The van der Waals surface area contributed by atoms with E-state index in [9.17, 15) is 9.90 Å². The SMILES string of the molecule is CC1(O)CC2CC1C(=O)C2(C)C. The molecule has 0 aromatic heterocycles. The van der Waals surface area contributed by atoms with Crippen molar-refractivity contribution in [3.05, 3.63) is 0 Å². The van der Waals surface area contributed by atoms with E-state index >= 15 is 0 Å². The van der Waals surface area contributed by atoms with Gasteiger partial charge in [0.15, 0.2) is 0 Å². The molecule has 0 aromatic rings. The molecule has 0 spiro atoms. The Labute approximate surface area is 73.0 Å². The van der Waals surface area contributed by atoms with Gasteiger partial charge in [-0.3, -0.25) is 4.79 Å². The third kappa shape index (κ3) is 0.764. The average Bonchev–Trinajstić information content (AvgIpc) is 2.31. The second-order valence-electron chi connectivity index (χ2n) is 5.13. The molecule has 0 aromatic carbocycles. The lowest BCUT2D eigenvalue weighted by atomic mass is 9.70. The molecule has 2 fully saturated rings. The first-order valence-electron chi connectivity index (χ1n) is 4.62. The lowest BCUT2D eigenvalue weighted by molar-refractivity contribution is -0.140. The summed E-state index contributed by atoms with van der Waals surface area (Å²) in [4.78, 5) is 11.7. The van der Waals surface area contributed by atoms with Crippen LogP contribution in [0, 0.1) is 17.3 Å². The van der Waals surface area contributed by atoms with Crippen LogP contribution in [0.3, 0.4) is 0 Å². The third-order valence-corrected chi connectivity index (χ3v) is 3.90. The molecule has 2 aliphatic carbocycles. The van der Waals surface area contributed by atoms with E-state index in [2.05, 4.69) is 0 Å². The molecule has 68 valence electrons. The van der Waals surface area contributed by atoms with Gasteiger partial charge in [-0.2, -0.15) is 0 Å². The molecule has 0 amide bonds. The van der Waals surface area contributed by atoms with Crippen LogP contribution in [0.15, 0.2) is 0 Å². The van der Waals surface area contributed by atoms with Crippen molar-refractivity contribution < 1.29 is 9.90 Å². The summed E-state index contributed by atoms with van der Waals surface area (Å²) in [7, 11) is 0. The summed E-state index contributed by atoms with van der Waals surface area (Å²) >= 11 is 0. The summed E-state index contributed by atoms with van der Waals surface area (Å²) < 4.78 is 0. The second kappa shape index (κ2) is 1.92. The zero-order valence-corrected chi connectivity index (χ0v) is 7.92. The maximum Gasteiger partial charge on any atom is 0.144 e. The molecule has 2 bridgehead atoms. The predicted octanol–water partition coefficient (Wildman–Crippen LogP) is 1.37. The average molecular weight is 168 g/mol. The summed E-state index contributed by atoms with van der Waals surface area (Å²) in [6.07, 6.45) is 1.70. The highest BCUT2D eigenvalue weighted by Gasteiger charge is 2.61. The first kappa shape index (κ1) is 8.24. The van der Waals surface area contributed by atoms with Crippen molar-refractivity contribution in [3.8, 4) is 0 Å². The molecule has 2 aliphatic rings. The quantitative estimate of drug-likeness (QED) is 0.593. The summed E-state index contributed by atoms with van der Waals surface area (Å²) in [6.45, 7) is 5.81. The van der Waals surface area contributed by atoms with E-state index in [1.807, 2.05) is 13.8 Å². The smallest absolute Gasteiger partial charge is 0.144 e. The minimum absolute atomic E-state index is 0.0856. The van der Waals surface area contributed by atoms with Gasteiger partial charge in [-0.15, -0.1) is 0 Å². The topological polar surface area (TPSA) is 37.3 Å². The second-order valence-corrected chi connectivity index (χ2v) is 5.13. The molecule has 0 heterocycles. The van der Waals surface area contributed by atoms with Gasteiger partial charge in [0, 0.05) is 11.3 Å². The number of aliphatic hydroxyl groups is 1. The van der Waals surface area contributed by atoms with Gasteiger partial charge in [0.1, 0.15) is 5.78 Å². The number of hydrogen-bond donors (Lipinski definition) is 1. The van der Waals surface area contributed by atoms with Gasteiger partial charge in [0.25, 0.3) is 0 Å². The van der Waals surface area contributed by atoms with Crippen molar-refractivity contribution in [2.45, 2.75) is 39.2 Å². The van der Waals surface area contributed by atoms with Gasteiger partial charge in [-0.05, 0) is 25.7 Å². The molecular formula is C10H16O2. The number of rotatable bonds is 0. The van der Waals surface area contributed by atoms with Gasteiger partial charge >= 0.3 is 0 Å². The Kier molecular flexibility index (Phi) is 1.32. The number of Topliss-reactive ketones (excluding diaryl/α,β-unsaturated/α-hetero) is 1. The van der Waals surface area contributed by atoms with Crippen LogP contribution in [-0.4, -0.2) is 16.5 Å². The van der Waals surface area contributed by atoms with E-state index < -0.39 is 5.60 Å². The number of hydrogen-bond acceptors (Lipinski definition) is 2. The van der Waals surface area contributed by atoms with Crippen molar-refractivity contribution in [2.75, 3.05) is 0 Å². The van der Waals surface area contributed by atoms with Crippen molar-refractivity contribution in [2.24, 2.45) is 17.3 Å². The lowest BCUT2D eigenvalue weighted by Crippen LogP contribution is -2.44. The highest BCUT2D eigenvalue weighted by atomic mass is 16.3. The van der Waals surface area contributed by atoms with Gasteiger partial charge < -0.3 is 5.11 Å². The molecule has 0 radical (unpaired) electrons. The fourth-order valence-electron chi connectivity index (χ4n) is 2.85. The summed E-state index contributed by atoms with van der Waals surface area (Å²) in [5.41, 5.74) is -0.885. The Morgan fingerprint density at radius 2 is 2.00 bits per heavy atom. The highest BCUT2D eigenvalue weighted by Crippen LogP contribution is 2.57. The van der Waals surface area contributed by atoms with Crippen LogP contribution in [-0.2, 0) is 4.79 Å². The van der Waals surface area contributed by atoms with Gasteiger partial charge in [0.2, 0.25) is 0 Å². The molecule has 2 saturated carbocycles. The van der Waals surface area contributed by atoms with E-state index in [4.69, 9.17) is 0 Å². The lowest BCUT2D eigenvalue weighted by Gasteiger charge is -2.36. The van der Waals surface area contributed by atoms with Crippen LogP contribution in [0.4, 0.5) is 0 Å². The summed E-state index contributed by atoms with van der Waals surface area (Å²) in [6, 6.07) is 0. The number of carbonyl (C=O) groups excluding carboxylic acids is 1. The molecule has 2 rings (SSSR count). The number of carbonyl (C=O) groups is 1. The molecule has 3 unspecified atom stereocenters. The van der Waals surface area contributed by atoms with E-state index in [1.165, 1.54) is 0 Å². The van der Waals surface area contributed by atoms with Gasteiger partial charge in [-0.25, -0.2) is 0 Å². The minimum Gasteiger partial charge on any atom is -0.389 e. The zero-order valence-electron chi connectivity index (χ0n) is 7.92. The molecule has 2 heteroatoms. The Hall–Kier alpha value is -0.370. The molecule has 0 aliphatic heterocycles. The minimum atomic E-state index is -0.711. The van der Waals surface area contributed by atoms with Crippen LogP contribution in [0.2, 0.25) is 0 Å². The van der Waals surface area contributed by atoms with Crippen LogP contribution >= 0.6 is 0 Å². The van der Waals surface area contributed by atoms with E-state index in [0.717, 1.165) is 12.8 Å². The fraction of sp³-hybridized carbons (Fsp3) is 0.900. The maximum atomic E-state index is 11.7. The largest absolute Gasteiger partial charge is 0.389 e. The third-order valence-electron chi connectivity index (χ3n) is 3.90. The number of ketones is 1. The summed E-state index contributed by atoms with van der Waals surface area (Å²) in [5.74, 6) is 0.589. The van der Waals surface area contributed by atoms with E-state index in [-0.39, 0.29) is 17.1 Å². The Bertz CT molecular complexity index is 240. The van der Waals surface area contributed by atoms with Crippen molar-refractivity contribution in [3.63, 3.8) is 0 Å². The standard InChI is InChI=1S/C10H16O2/c1-9(2)6-4-7(8(9)11)10(3,12)5-6/h6-7,12H,4-5H2,1-3H3. The van der Waals surface area contributed by atoms with Crippen molar-refractivity contribution in [1.29, 1.82) is 0 Å². The van der Waals surface area contributed by atoms with Crippen molar-refractivity contribution >= 4 is 5.78 Å². The Morgan fingerprint density at radius 3 is 2.33 bits per heavy atom. The Balaban J connectivity index is 2.36. The van der Waals surface area contributed by atoms with Crippen molar-refractivity contribution in [1.82, 2.24) is 0 Å². The van der Waals surface area contributed by atoms with Crippen LogP contribution in [0.25, 0.3) is 0 Å². The molecular weight excluding hydrogens is 152 g/mol. The number of fused-ring (bicyclic) bond motifs is 2. The normalized spacial score (nSPS) is 50.2. The monoisotopic (exact) mass is 168 g/mol. The molecule has 12 heavy (non-hydrogen) atoms. The molecule has 0 saturated heterocycles. The van der Waals surface area contributed by atoms with Crippen LogP contribution in [0.1, 0.15) is 33.6 Å². The predicted molar refractivity (Wildman–Crippen MR) is 45.6 cm³/mol. The fourth-order valence-corrected chi connectivity index (χ4v) is 2.85.